The number of alkyl halides is 3. The van der Waals surface area contributed by atoms with Gasteiger partial charge in [0, 0.05) is 23.9 Å². The number of rotatable bonds is 10. The number of carboxylic acids is 1. The first kappa shape index (κ1) is 42.2. The third-order valence-electron chi connectivity index (χ3n) is 9.81. The molecule has 1 saturated heterocycles. The Bertz CT molecular complexity index is 1470. The number of piperidine rings is 1. The monoisotopic (exact) mass is 753 g/mol. The molecule has 0 radical (unpaired) electrons. The van der Waals surface area contributed by atoms with Gasteiger partial charge >= 0.3 is 12.1 Å². The van der Waals surface area contributed by atoms with Crippen LogP contribution in [0.3, 0.4) is 0 Å². The van der Waals surface area contributed by atoms with Crippen molar-refractivity contribution in [2.45, 2.75) is 83.0 Å². The fourth-order valence-electron chi connectivity index (χ4n) is 7.55. The number of halogens is 7. The smallest absolute Gasteiger partial charge is 0.416 e. The van der Waals surface area contributed by atoms with Gasteiger partial charge in [-0.15, -0.1) is 48.6 Å². The fraction of sp³-hybridized carbons (Fsp3) is 0.543. The number of aryl methyl sites for hydroxylation is 1. The van der Waals surface area contributed by atoms with E-state index in [4.69, 9.17) is 4.98 Å². The van der Waals surface area contributed by atoms with Gasteiger partial charge in [0.1, 0.15) is 11.9 Å². The number of aromatic nitrogens is 1. The summed E-state index contributed by atoms with van der Waals surface area (Å²) >= 11 is 1.67. The van der Waals surface area contributed by atoms with E-state index in [1.54, 1.807) is 23.5 Å². The summed E-state index contributed by atoms with van der Waals surface area (Å²) in [7, 11) is 1.92. The molecule has 0 amide bonds. The van der Waals surface area contributed by atoms with Crippen molar-refractivity contribution in [3.05, 3.63) is 86.6 Å². The molecule has 3 aromatic rings. The number of likely N-dealkylation sites (N-methyl/N-ethyl adjacent to an activating group) is 1. The molecule has 2 aliphatic rings. The molecule has 1 aliphatic heterocycles. The second-order valence-electron chi connectivity index (χ2n) is 13.2. The van der Waals surface area contributed by atoms with Gasteiger partial charge in [0.25, 0.3) is 0 Å². The summed E-state index contributed by atoms with van der Waals surface area (Å²) in [5.74, 6) is -0.233. The molecule has 2 heterocycles. The Balaban J connectivity index is 0.00000267. The van der Waals surface area contributed by atoms with Crippen LogP contribution >= 0.6 is 48.6 Å². The zero-order valence-corrected chi connectivity index (χ0v) is 30.8. The topological polar surface area (TPSA) is 56.7 Å². The lowest BCUT2D eigenvalue weighted by Gasteiger charge is -2.35. The molecule has 1 saturated carbocycles. The van der Waals surface area contributed by atoms with Crippen LogP contribution in [0.2, 0.25) is 0 Å². The zero-order chi connectivity index (χ0) is 32.5. The van der Waals surface area contributed by atoms with E-state index in [0.717, 1.165) is 79.3 Å². The van der Waals surface area contributed by atoms with Crippen LogP contribution in [0.1, 0.15) is 83.6 Å². The van der Waals surface area contributed by atoms with Crippen molar-refractivity contribution in [3.63, 3.8) is 0 Å². The van der Waals surface area contributed by atoms with Crippen molar-refractivity contribution < 1.29 is 27.5 Å². The minimum Gasteiger partial charge on any atom is -0.480 e. The summed E-state index contributed by atoms with van der Waals surface area (Å²) in [4.78, 5) is 22.7. The number of thiazole rings is 1. The molecule has 2 fully saturated rings. The van der Waals surface area contributed by atoms with E-state index in [2.05, 4.69) is 4.90 Å². The molecule has 5 nitrogen and oxygen atoms in total. The summed E-state index contributed by atoms with van der Waals surface area (Å²) in [6.07, 6.45) is -0.156. The van der Waals surface area contributed by atoms with Crippen LogP contribution in [-0.4, -0.2) is 64.6 Å². The molecule has 1 N–H and O–H groups in total. The number of aliphatic carboxylic acids is 1. The second-order valence-corrected chi connectivity index (χ2v) is 14.4. The third-order valence-corrected chi connectivity index (χ3v) is 11.1. The Hall–Kier alpha value is -1.95. The number of hydrogen-bond donors (Lipinski definition) is 1. The van der Waals surface area contributed by atoms with Gasteiger partial charge in [-0.1, -0.05) is 38.1 Å². The Labute approximate surface area is 303 Å². The van der Waals surface area contributed by atoms with Crippen LogP contribution in [0.15, 0.2) is 48.5 Å². The van der Waals surface area contributed by atoms with Crippen molar-refractivity contribution in [3.8, 4) is 0 Å². The maximum Gasteiger partial charge on any atom is 0.416 e. The molecule has 13 heteroatoms. The first-order valence-electron chi connectivity index (χ1n) is 15.8. The lowest BCUT2D eigenvalue weighted by Crippen LogP contribution is -2.47. The van der Waals surface area contributed by atoms with E-state index < -0.39 is 23.8 Å². The number of nitrogens with zero attached hydrogens (tertiary/aromatic N) is 3. The van der Waals surface area contributed by atoms with Gasteiger partial charge in [-0.3, -0.25) is 9.69 Å². The molecule has 3 unspecified atom stereocenters. The minimum absolute atomic E-state index is 0. The Morgan fingerprint density at radius 1 is 1.06 bits per heavy atom. The summed E-state index contributed by atoms with van der Waals surface area (Å²) in [6.45, 7) is 8.67. The molecule has 0 bridgehead atoms. The molecular weight excluding hydrogens is 709 g/mol. The highest BCUT2D eigenvalue weighted by Crippen LogP contribution is 2.44. The molecule has 0 spiro atoms. The Morgan fingerprint density at radius 2 is 1.71 bits per heavy atom. The predicted molar refractivity (Wildman–Crippen MR) is 191 cm³/mol. The summed E-state index contributed by atoms with van der Waals surface area (Å²) in [5, 5.41) is 10.9. The third kappa shape index (κ3) is 10.1. The van der Waals surface area contributed by atoms with E-state index >= 15 is 0 Å². The predicted octanol–water partition coefficient (Wildman–Crippen LogP) is 9.25. The number of carbonyl (C=O) groups is 1. The van der Waals surface area contributed by atoms with Gasteiger partial charge in [0.05, 0.1) is 16.3 Å². The Morgan fingerprint density at radius 3 is 2.27 bits per heavy atom. The number of benzene rings is 2. The number of likely N-dealkylation sites (tertiary alicyclic amines) is 1. The van der Waals surface area contributed by atoms with Crippen LogP contribution in [0.25, 0.3) is 0 Å². The quantitative estimate of drug-likeness (QED) is 0.209. The maximum atomic E-state index is 14.3. The lowest BCUT2D eigenvalue weighted by atomic mass is 9.87. The normalized spacial score (nSPS) is 21.0. The highest BCUT2D eigenvalue weighted by Gasteiger charge is 2.42. The first-order chi connectivity index (χ1) is 21.3. The fourth-order valence-corrected chi connectivity index (χ4v) is 8.82. The SMILES string of the molecule is Cc1nc(Cc2ccc(C(F)(F)F)cc2)sc1C1CCN(CC2CC(N(C)[C@@H](C(=O)O)C(C)C)CC2c2cccc(F)c2)CC1.Cl.Cl.Cl. The molecular formula is C35H46Cl3F4N3O2S. The number of hydrogen-bond acceptors (Lipinski definition) is 5. The van der Waals surface area contributed by atoms with Crippen molar-refractivity contribution in [1.29, 1.82) is 0 Å². The summed E-state index contributed by atoms with van der Waals surface area (Å²) < 4.78 is 53.1. The van der Waals surface area contributed by atoms with Gasteiger partial charge < -0.3 is 10.0 Å². The second kappa shape index (κ2) is 17.8. The van der Waals surface area contributed by atoms with Crippen molar-refractivity contribution in [2.75, 3.05) is 26.7 Å². The largest absolute Gasteiger partial charge is 0.480 e. The molecule has 5 rings (SSSR count). The van der Waals surface area contributed by atoms with Crippen LogP contribution < -0.4 is 0 Å². The number of carboxylic acid groups (broad SMARTS) is 1. The average molecular weight is 755 g/mol. The molecule has 268 valence electrons. The highest BCUT2D eigenvalue weighted by atomic mass is 35.5. The molecule has 1 aromatic heterocycles. The minimum atomic E-state index is -4.34. The average Bonchev–Trinajstić information content (AvgIpc) is 3.56. The van der Waals surface area contributed by atoms with Gasteiger partial charge in [-0.05, 0) is 112 Å². The summed E-state index contributed by atoms with van der Waals surface area (Å²) in [5.41, 5.74) is 2.17. The highest BCUT2D eigenvalue weighted by molar-refractivity contribution is 7.11. The van der Waals surface area contributed by atoms with Crippen LogP contribution in [0.5, 0.6) is 0 Å². The molecule has 2 aromatic carbocycles. The Kier molecular flexibility index (Phi) is 15.7. The molecule has 1 aliphatic carbocycles. The molecule has 4 atom stereocenters. The maximum absolute atomic E-state index is 14.3. The lowest BCUT2D eigenvalue weighted by molar-refractivity contribution is -0.145. The van der Waals surface area contributed by atoms with Gasteiger partial charge in [-0.2, -0.15) is 13.2 Å². The van der Waals surface area contributed by atoms with E-state index in [1.807, 2.05) is 38.8 Å². The van der Waals surface area contributed by atoms with Gasteiger partial charge in [0.15, 0.2) is 0 Å². The van der Waals surface area contributed by atoms with E-state index in [0.29, 0.717) is 12.3 Å². The van der Waals surface area contributed by atoms with Crippen molar-refractivity contribution in [2.24, 2.45) is 11.8 Å². The summed E-state index contributed by atoms with van der Waals surface area (Å²) in [6, 6.07) is 11.7. The standard InChI is InChI=1S/C35H43F4N3O2S.3ClH/c1-21(2)32(34(43)44)41(4)29-18-26(30(19-29)25-6-5-7-28(36)17-25)20-42-14-12-24(13-15-42)33-22(3)40-31(45-33)16-23-8-10-27(11-9-23)35(37,38)39;;;/h5-11,17,21,24,26,29-30,32H,12-16,18-20H2,1-4H3,(H,43,44);3*1H/t26?,29?,30?,32-;;;/m1.../s1. The van der Waals surface area contributed by atoms with E-state index in [1.165, 1.54) is 23.1 Å². The molecule has 48 heavy (non-hydrogen) atoms. The van der Waals surface area contributed by atoms with Crippen molar-refractivity contribution in [1.82, 2.24) is 14.8 Å². The van der Waals surface area contributed by atoms with Crippen LogP contribution in [0, 0.1) is 24.6 Å². The first-order valence-corrected chi connectivity index (χ1v) is 16.7. The van der Waals surface area contributed by atoms with Crippen molar-refractivity contribution >= 4 is 54.5 Å². The van der Waals surface area contributed by atoms with Crippen LogP contribution in [0.4, 0.5) is 17.6 Å². The van der Waals surface area contributed by atoms with E-state index in [-0.39, 0.29) is 66.8 Å². The zero-order valence-electron chi connectivity index (χ0n) is 27.6. The van der Waals surface area contributed by atoms with Gasteiger partial charge in [0.2, 0.25) is 0 Å². The van der Waals surface area contributed by atoms with E-state index in [9.17, 15) is 27.5 Å². The van der Waals surface area contributed by atoms with Gasteiger partial charge in [-0.25, -0.2) is 9.37 Å². The van der Waals surface area contributed by atoms with Crippen LogP contribution in [-0.2, 0) is 17.4 Å².